The number of benzene rings is 2. The summed E-state index contributed by atoms with van der Waals surface area (Å²) in [7, 11) is -4.74. The summed E-state index contributed by atoms with van der Waals surface area (Å²) in [5.74, 6) is -1.00. The summed E-state index contributed by atoms with van der Waals surface area (Å²) in [6.07, 6.45) is 2.04. The Morgan fingerprint density at radius 2 is 2.06 bits per heavy atom. The highest BCUT2D eigenvalue weighted by Crippen LogP contribution is 2.42. The van der Waals surface area contributed by atoms with Gasteiger partial charge in [-0.15, -0.1) is 4.40 Å². The smallest absolute Gasteiger partial charge is 0.333 e. The zero-order valence-electron chi connectivity index (χ0n) is 18.5. The van der Waals surface area contributed by atoms with Crippen molar-refractivity contribution in [2.75, 3.05) is 23.9 Å². The lowest BCUT2D eigenvalue weighted by atomic mass is 10.1. The van der Waals surface area contributed by atoms with Gasteiger partial charge in [-0.05, 0) is 43.0 Å². The molecule has 1 fully saturated rings. The van der Waals surface area contributed by atoms with Crippen molar-refractivity contribution < 1.29 is 23.2 Å². The summed E-state index contributed by atoms with van der Waals surface area (Å²) in [6, 6.07) is 10.5. The highest BCUT2D eigenvalue weighted by Gasteiger charge is 2.38. The van der Waals surface area contributed by atoms with Crippen molar-refractivity contribution in [2.24, 2.45) is 10.3 Å². The quantitative estimate of drug-likeness (QED) is 0.313. The van der Waals surface area contributed by atoms with Gasteiger partial charge in [-0.25, -0.2) is 4.68 Å². The van der Waals surface area contributed by atoms with Crippen molar-refractivity contribution in [3.8, 4) is 17.6 Å². The molecule has 1 aliphatic carbocycles. The standard InChI is InChI=1S/C22H18N6O7S/c23-9-10-35-16-8-7-14-20(18(16)28(31)32)36(33,34)26-21(25-14)17-19(29)13-3-1-2-4-15(13)27(22(17)30)24-11-12-5-6-12/h1-4,7-8,12,24,29H,5-6,10-11H2,(H,25,26). The molecule has 14 heteroatoms. The molecule has 5 rings (SSSR count). The van der Waals surface area contributed by atoms with Gasteiger partial charge in [0.25, 0.3) is 15.6 Å². The zero-order chi connectivity index (χ0) is 25.6. The Hall–Kier alpha value is -4.64. The van der Waals surface area contributed by atoms with Gasteiger partial charge >= 0.3 is 5.69 Å². The summed E-state index contributed by atoms with van der Waals surface area (Å²) in [5, 5.41) is 34.3. The van der Waals surface area contributed by atoms with E-state index in [2.05, 4.69) is 15.1 Å². The Kier molecular flexibility index (Phi) is 5.48. The first-order valence-electron chi connectivity index (χ1n) is 10.8. The molecule has 0 atom stereocenters. The number of hydrogen-bond acceptors (Lipinski definition) is 10. The number of ether oxygens (including phenoxy) is 1. The molecule has 1 saturated carbocycles. The minimum Gasteiger partial charge on any atom is -0.506 e. The molecule has 0 unspecified atom stereocenters. The van der Waals surface area contributed by atoms with Crippen molar-refractivity contribution in [2.45, 2.75) is 17.7 Å². The molecular formula is C22H18N6O7S. The van der Waals surface area contributed by atoms with Crippen LogP contribution in [0.4, 0.5) is 11.4 Å². The Balaban J connectivity index is 1.69. The minimum absolute atomic E-state index is 0.236. The first-order valence-corrected chi connectivity index (χ1v) is 12.2. The molecule has 0 amide bonds. The third-order valence-electron chi connectivity index (χ3n) is 5.82. The van der Waals surface area contributed by atoms with E-state index in [1.165, 1.54) is 10.7 Å². The van der Waals surface area contributed by atoms with E-state index in [0.29, 0.717) is 18.0 Å². The van der Waals surface area contributed by atoms with Gasteiger partial charge in [-0.3, -0.25) is 14.9 Å². The number of para-hydroxylation sites is 1. The normalized spacial score (nSPS) is 15.8. The number of amidine groups is 1. The number of anilines is 1. The Bertz CT molecular complexity index is 1670. The Morgan fingerprint density at radius 1 is 1.31 bits per heavy atom. The number of nitriles is 1. The predicted molar refractivity (Wildman–Crippen MR) is 128 cm³/mol. The summed E-state index contributed by atoms with van der Waals surface area (Å²) < 4.78 is 36.2. The van der Waals surface area contributed by atoms with E-state index in [9.17, 15) is 28.4 Å². The van der Waals surface area contributed by atoms with E-state index in [1.807, 2.05) is 0 Å². The van der Waals surface area contributed by atoms with Crippen LogP contribution in [0.2, 0.25) is 0 Å². The summed E-state index contributed by atoms with van der Waals surface area (Å²) in [4.78, 5) is 23.5. The number of pyridine rings is 1. The van der Waals surface area contributed by atoms with E-state index >= 15 is 0 Å². The number of aromatic nitrogens is 1. The molecule has 0 saturated heterocycles. The van der Waals surface area contributed by atoms with Gasteiger partial charge in [0.05, 0.1) is 16.1 Å². The molecule has 3 N–H and O–H groups in total. The molecule has 2 aromatic carbocycles. The predicted octanol–water partition coefficient (Wildman–Crippen LogP) is 2.03. The van der Waals surface area contributed by atoms with Crippen molar-refractivity contribution >= 4 is 38.1 Å². The number of nitro groups is 1. The number of aromatic hydroxyl groups is 1. The molecule has 184 valence electrons. The molecule has 0 radical (unpaired) electrons. The molecule has 2 heterocycles. The van der Waals surface area contributed by atoms with Crippen LogP contribution in [0.5, 0.6) is 11.5 Å². The maximum atomic E-state index is 13.5. The Labute approximate surface area is 203 Å². The van der Waals surface area contributed by atoms with Crippen molar-refractivity contribution in [3.63, 3.8) is 0 Å². The van der Waals surface area contributed by atoms with Crippen LogP contribution in [0.15, 0.2) is 50.5 Å². The van der Waals surface area contributed by atoms with E-state index < -0.39 is 60.6 Å². The van der Waals surface area contributed by atoms with Crippen LogP contribution in [-0.2, 0) is 10.0 Å². The lowest BCUT2D eigenvalue weighted by Gasteiger charge is -2.21. The van der Waals surface area contributed by atoms with Crippen LogP contribution in [0, 0.1) is 27.4 Å². The summed E-state index contributed by atoms with van der Waals surface area (Å²) in [5.41, 5.74) is 1.13. The van der Waals surface area contributed by atoms with E-state index in [-0.39, 0.29) is 11.1 Å². The minimum atomic E-state index is -4.74. The van der Waals surface area contributed by atoms with E-state index in [1.54, 1.807) is 30.3 Å². The van der Waals surface area contributed by atoms with Gasteiger partial charge in [0.1, 0.15) is 17.4 Å². The summed E-state index contributed by atoms with van der Waals surface area (Å²) >= 11 is 0. The van der Waals surface area contributed by atoms with Crippen LogP contribution in [-0.4, -0.2) is 42.1 Å². The molecule has 0 spiro atoms. The third kappa shape index (κ3) is 3.85. The lowest BCUT2D eigenvalue weighted by Crippen LogP contribution is -2.37. The first-order chi connectivity index (χ1) is 17.2. The zero-order valence-corrected chi connectivity index (χ0v) is 19.3. The van der Waals surface area contributed by atoms with Gasteiger partial charge in [0.2, 0.25) is 0 Å². The molecule has 2 aliphatic rings. The van der Waals surface area contributed by atoms with Crippen molar-refractivity contribution in [1.29, 1.82) is 5.26 Å². The number of nitrogens with one attached hydrogen (secondary N) is 2. The van der Waals surface area contributed by atoms with Gasteiger partial charge < -0.3 is 20.6 Å². The second kappa shape index (κ2) is 8.54. The lowest BCUT2D eigenvalue weighted by molar-refractivity contribution is -0.388. The number of nitro benzene ring substituents is 1. The van der Waals surface area contributed by atoms with Crippen LogP contribution in [0.25, 0.3) is 10.9 Å². The third-order valence-corrected chi connectivity index (χ3v) is 7.17. The van der Waals surface area contributed by atoms with Crippen LogP contribution in [0.1, 0.15) is 18.4 Å². The fourth-order valence-electron chi connectivity index (χ4n) is 3.98. The number of nitrogens with zero attached hydrogens (tertiary/aromatic N) is 4. The van der Waals surface area contributed by atoms with Crippen molar-refractivity contribution in [1.82, 2.24) is 4.68 Å². The van der Waals surface area contributed by atoms with Gasteiger partial charge in [-0.2, -0.15) is 13.7 Å². The SMILES string of the molecule is N#CCOc1ccc2c(c1[N+](=O)[O-])S(=O)(=O)N=C(c1c(O)c3ccccc3n(NCC3CC3)c1=O)N2. The van der Waals surface area contributed by atoms with E-state index in [0.717, 1.165) is 18.9 Å². The molecule has 1 aliphatic heterocycles. The largest absolute Gasteiger partial charge is 0.506 e. The average Bonchev–Trinajstić information content (AvgIpc) is 3.66. The molecule has 0 bridgehead atoms. The topological polar surface area (TPSA) is 189 Å². The molecule has 13 nitrogen and oxygen atoms in total. The van der Waals surface area contributed by atoms with Gasteiger partial charge in [-0.1, -0.05) is 12.1 Å². The van der Waals surface area contributed by atoms with Crippen molar-refractivity contribution in [3.05, 3.63) is 62.4 Å². The maximum absolute atomic E-state index is 13.5. The molecule has 1 aromatic heterocycles. The maximum Gasteiger partial charge on any atom is 0.333 e. The second-order valence-corrected chi connectivity index (χ2v) is 9.76. The highest BCUT2D eigenvalue weighted by atomic mass is 32.2. The fraction of sp³-hybridized carbons (Fsp3) is 0.227. The Morgan fingerprint density at radius 3 is 2.75 bits per heavy atom. The van der Waals surface area contributed by atoms with Crippen LogP contribution >= 0.6 is 0 Å². The number of fused-ring (bicyclic) bond motifs is 2. The number of sulfonamides is 1. The second-order valence-electron chi connectivity index (χ2n) is 8.22. The van der Waals surface area contributed by atoms with E-state index in [4.69, 9.17) is 10.00 Å². The molecule has 36 heavy (non-hydrogen) atoms. The fourth-order valence-corrected chi connectivity index (χ4v) is 5.26. The average molecular weight is 510 g/mol. The number of hydrogen-bond donors (Lipinski definition) is 3. The molecular weight excluding hydrogens is 492 g/mol. The number of rotatable bonds is 7. The van der Waals surface area contributed by atoms with Crippen LogP contribution < -0.4 is 21.0 Å². The van der Waals surface area contributed by atoms with Gasteiger partial charge in [0, 0.05) is 11.9 Å². The first kappa shape index (κ1) is 23.1. The highest BCUT2D eigenvalue weighted by molar-refractivity contribution is 7.90. The van der Waals surface area contributed by atoms with Gasteiger partial charge in [0.15, 0.2) is 23.1 Å². The monoisotopic (exact) mass is 510 g/mol. The molecule has 3 aromatic rings. The summed E-state index contributed by atoms with van der Waals surface area (Å²) in [6.45, 7) is -0.0349. The van der Waals surface area contributed by atoms with Crippen LogP contribution in [0.3, 0.4) is 0 Å².